The van der Waals surface area contributed by atoms with Gasteiger partial charge in [0.25, 0.3) is 0 Å². The molecule has 0 aliphatic rings. The summed E-state index contributed by atoms with van der Waals surface area (Å²) in [5, 5.41) is 9.13. The quantitative estimate of drug-likeness (QED) is 0.641. The number of aliphatic hydroxyl groups excluding tert-OH is 1. The molecule has 0 heterocycles. The van der Waals surface area contributed by atoms with E-state index >= 15 is 0 Å². The predicted molar refractivity (Wildman–Crippen MR) is 47.5 cm³/mol. The van der Waals surface area contributed by atoms with Crippen LogP contribution in [0.5, 0.6) is 0 Å². The normalized spacial score (nSPS) is 11.8. The Morgan fingerprint density at radius 3 is 1.91 bits per heavy atom. The first-order valence-corrected chi connectivity index (χ1v) is 4.17. The molecule has 1 unspecified atom stereocenters. The Bertz CT molecular complexity index is 79.6. The van der Waals surface area contributed by atoms with Crippen LogP contribution in [0.4, 0.5) is 0 Å². The molecule has 0 aromatic rings. The molecule has 0 spiro atoms. The van der Waals surface area contributed by atoms with Crippen molar-refractivity contribution in [1.82, 2.24) is 0 Å². The van der Waals surface area contributed by atoms with Gasteiger partial charge >= 0.3 is 0 Å². The van der Waals surface area contributed by atoms with E-state index in [4.69, 9.17) is 9.90 Å². The molecule has 1 atom stereocenters. The fraction of sp³-hybridized carbons (Fsp3) is 0.889. The highest BCUT2D eigenvalue weighted by Gasteiger charge is 2.05. The zero-order chi connectivity index (χ0) is 9.28. The number of aldehydes is 1. The van der Waals surface area contributed by atoms with E-state index in [2.05, 4.69) is 6.92 Å². The van der Waals surface area contributed by atoms with Crippen molar-refractivity contribution in [3.8, 4) is 0 Å². The Hall–Kier alpha value is -0.370. The lowest BCUT2D eigenvalue weighted by atomic mass is 10.0. The molecule has 0 radical (unpaired) electrons. The van der Waals surface area contributed by atoms with E-state index in [1.165, 1.54) is 6.92 Å². The molecule has 68 valence electrons. The van der Waals surface area contributed by atoms with E-state index in [0.717, 1.165) is 19.1 Å². The SMILES string of the molecule is CC=O.CCCC(O)C(C)C. The molecule has 0 saturated heterocycles. The van der Waals surface area contributed by atoms with Crippen molar-refractivity contribution in [1.29, 1.82) is 0 Å². The van der Waals surface area contributed by atoms with Gasteiger partial charge in [-0.25, -0.2) is 0 Å². The molecular weight excluding hydrogens is 140 g/mol. The minimum Gasteiger partial charge on any atom is -0.393 e. The van der Waals surface area contributed by atoms with Crippen LogP contribution < -0.4 is 0 Å². The van der Waals surface area contributed by atoms with Crippen LogP contribution in [-0.2, 0) is 4.79 Å². The smallest absolute Gasteiger partial charge is 0.116 e. The second kappa shape index (κ2) is 9.63. The van der Waals surface area contributed by atoms with Gasteiger partial charge in [-0.3, -0.25) is 0 Å². The summed E-state index contributed by atoms with van der Waals surface area (Å²) >= 11 is 0. The Kier molecular flexibility index (Phi) is 11.6. The minimum absolute atomic E-state index is 0.0833. The predicted octanol–water partition coefficient (Wildman–Crippen LogP) is 2.01. The Morgan fingerprint density at radius 2 is 1.82 bits per heavy atom. The van der Waals surface area contributed by atoms with Gasteiger partial charge in [0.2, 0.25) is 0 Å². The maximum absolute atomic E-state index is 9.13. The van der Waals surface area contributed by atoms with Crippen molar-refractivity contribution in [2.75, 3.05) is 0 Å². The lowest BCUT2D eigenvalue weighted by molar-refractivity contribution is -0.106. The van der Waals surface area contributed by atoms with Crippen molar-refractivity contribution < 1.29 is 9.90 Å². The van der Waals surface area contributed by atoms with Crippen LogP contribution in [0.2, 0.25) is 0 Å². The molecule has 0 saturated carbocycles. The third kappa shape index (κ3) is 12.8. The van der Waals surface area contributed by atoms with Crippen molar-refractivity contribution >= 4 is 6.29 Å². The van der Waals surface area contributed by atoms with Crippen LogP contribution in [0.15, 0.2) is 0 Å². The zero-order valence-electron chi connectivity index (χ0n) is 8.00. The molecular formula is C9H20O2. The summed E-state index contributed by atoms with van der Waals surface area (Å²) in [5.74, 6) is 0.426. The highest BCUT2D eigenvalue weighted by atomic mass is 16.3. The molecule has 1 N–H and O–H groups in total. The van der Waals surface area contributed by atoms with Crippen LogP contribution in [0.1, 0.15) is 40.5 Å². The molecule has 2 nitrogen and oxygen atoms in total. The summed E-state index contributed by atoms with van der Waals surface area (Å²) in [6.45, 7) is 7.62. The van der Waals surface area contributed by atoms with Gasteiger partial charge in [0.05, 0.1) is 6.10 Å². The van der Waals surface area contributed by atoms with Crippen LogP contribution in [0.25, 0.3) is 0 Å². The van der Waals surface area contributed by atoms with Crippen LogP contribution >= 0.6 is 0 Å². The number of hydrogen-bond donors (Lipinski definition) is 1. The van der Waals surface area contributed by atoms with Crippen molar-refractivity contribution in [3.63, 3.8) is 0 Å². The zero-order valence-corrected chi connectivity index (χ0v) is 8.00. The second-order valence-corrected chi connectivity index (χ2v) is 2.84. The van der Waals surface area contributed by atoms with Crippen molar-refractivity contribution in [2.24, 2.45) is 5.92 Å². The Labute approximate surface area is 69.6 Å². The highest BCUT2D eigenvalue weighted by molar-refractivity contribution is 5.44. The number of rotatable bonds is 3. The Balaban J connectivity index is 0. The van der Waals surface area contributed by atoms with Crippen molar-refractivity contribution in [2.45, 2.75) is 46.6 Å². The third-order valence-corrected chi connectivity index (χ3v) is 1.35. The van der Waals surface area contributed by atoms with E-state index in [0.29, 0.717) is 5.92 Å². The Morgan fingerprint density at radius 1 is 1.45 bits per heavy atom. The van der Waals surface area contributed by atoms with Gasteiger partial charge in [0.15, 0.2) is 0 Å². The number of aliphatic hydroxyl groups is 1. The first-order valence-electron chi connectivity index (χ1n) is 4.17. The van der Waals surface area contributed by atoms with Gasteiger partial charge in [-0.05, 0) is 19.3 Å². The van der Waals surface area contributed by atoms with Gasteiger partial charge in [0.1, 0.15) is 6.29 Å². The lowest BCUT2D eigenvalue weighted by Gasteiger charge is -2.11. The number of hydrogen-bond acceptors (Lipinski definition) is 2. The third-order valence-electron chi connectivity index (χ3n) is 1.35. The van der Waals surface area contributed by atoms with Crippen LogP contribution in [-0.4, -0.2) is 17.5 Å². The highest BCUT2D eigenvalue weighted by Crippen LogP contribution is 2.06. The first-order chi connectivity index (χ1) is 5.09. The van der Waals surface area contributed by atoms with Crippen LogP contribution in [0.3, 0.4) is 0 Å². The van der Waals surface area contributed by atoms with Gasteiger partial charge < -0.3 is 9.90 Å². The molecule has 2 heteroatoms. The topological polar surface area (TPSA) is 37.3 Å². The van der Waals surface area contributed by atoms with Crippen LogP contribution in [0, 0.1) is 5.92 Å². The first kappa shape index (κ1) is 13.2. The lowest BCUT2D eigenvalue weighted by Crippen LogP contribution is -2.13. The molecule has 0 aromatic carbocycles. The molecule has 0 rings (SSSR count). The minimum atomic E-state index is -0.0833. The van der Waals surface area contributed by atoms with Crippen molar-refractivity contribution in [3.05, 3.63) is 0 Å². The summed E-state index contributed by atoms with van der Waals surface area (Å²) in [5.41, 5.74) is 0. The number of carbonyl (C=O) groups is 1. The molecule has 0 fully saturated rings. The summed E-state index contributed by atoms with van der Waals surface area (Å²) in [6.07, 6.45) is 2.69. The largest absolute Gasteiger partial charge is 0.393 e. The molecule has 11 heavy (non-hydrogen) atoms. The van der Waals surface area contributed by atoms with E-state index in [-0.39, 0.29) is 6.10 Å². The van der Waals surface area contributed by atoms with E-state index in [9.17, 15) is 0 Å². The van der Waals surface area contributed by atoms with E-state index in [1.807, 2.05) is 13.8 Å². The maximum Gasteiger partial charge on any atom is 0.116 e. The van der Waals surface area contributed by atoms with Gasteiger partial charge in [0, 0.05) is 0 Å². The standard InChI is InChI=1S/C7H16O.C2H4O/c1-4-5-7(8)6(2)3;1-2-3/h6-8H,4-5H2,1-3H3;2H,1H3. The summed E-state index contributed by atoms with van der Waals surface area (Å²) < 4.78 is 0. The molecule has 0 aliphatic carbocycles. The number of carbonyl (C=O) groups excluding carboxylic acids is 1. The van der Waals surface area contributed by atoms with E-state index < -0.39 is 0 Å². The van der Waals surface area contributed by atoms with Gasteiger partial charge in [-0.2, -0.15) is 0 Å². The summed E-state index contributed by atoms with van der Waals surface area (Å²) in [4.78, 5) is 8.81. The second-order valence-electron chi connectivity index (χ2n) is 2.84. The monoisotopic (exact) mass is 160 g/mol. The van der Waals surface area contributed by atoms with E-state index in [1.54, 1.807) is 0 Å². The van der Waals surface area contributed by atoms with Gasteiger partial charge in [-0.15, -0.1) is 0 Å². The summed E-state index contributed by atoms with van der Waals surface area (Å²) in [7, 11) is 0. The molecule has 0 aromatic heterocycles. The average molecular weight is 160 g/mol. The fourth-order valence-corrected chi connectivity index (χ4v) is 0.629. The molecule has 0 aliphatic heterocycles. The average Bonchev–Trinajstić information content (AvgIpc) is 1.90. The fourth-order valence-electron chi connectivity index (χ4n) is 0.629. The molecule has 0 amide bonds. The maximum atomic E-state index is 9.13. The molecule has 0 bridgehead atoms. The van der Waals surface area contributed by atoms with Gasteiger partial charge in [-0.1, -0.05) is 27.2 Å². The summed E-state index contributed by atoms with van der Waals surface area (Å²) in [6, 6.07) is 0.